The predicted molar refractivity (Wildman–Crippen MR) is 115 cm³/mol. The number of carbonyl (C=O) groups is 2. The van der Waals surface area contributed by atoms with Crippen molar-refractivity contribution in [1.82, 2.24) is 5.32 Å². The highest BCUT2D eigenvalue weighted by Gasteiger charge is 2.68. The van der Waals surface area contributed by atoms with Gasteiger partial charge in [0.25, 0.3) is 5.91 Å². The van der Waals surface area contributed by atoms with Crippen molar-refractivity contribution in [3.05, 3.63) is 64.4 Å². The number of benzene rings is 2. The summed E-state index contributed by atoms with van der Waals surface area (Å²) < 4.78 is 18.8. The Bertz CT molecular complexity index is 1030. The lowest BCUT2D eigenvalue weighted by Crippen LogP contribution is -2.75. The summed E-state index contributed by atoms with van der Waals surface area (Å²) in [6.07, 6.45) is 2.72. The van der Waals surface area contributed by atoms with Crippen LogP contribution in [-0.4, -0.2) is 28.9 Å². The smallest absolute Gasteiger partial charge is 0.258 e. The highest BCUT2D eigenvalue weighted by Crippen LogP contribution is 2.69. The van der Waals surface area contributed by atoms with Crippen molar-refractivity contribution in [3.8, 4) is 5.75 Å². The Labute approximate surface area is 185 Å². The van der Waals surface area contributed by atoms with Gasteiger partial charge in [-0.3, -0.25) is 9.59 Å². The van der Waals surface area contributed by atoms with Crippen molar-refractivity contribution in [2.75, 3.05) is 6.61 Å². The van der Waals surface area contributed by atoms with Crippen molar-refractivity contribution in [1.29, 1.82) is 0 Å². The van der Waals surface area contributed by atoms with E-state index in [0.29, 0.717) is 17.5 Å². The molecule has 2 bridgehead atoms. The van der Waals surface area contributed by atoms with Gasteiger partial charge in [-0.2, -0.15) is 0 Å². The average Bonchev–Trinajstić information content (AvgIpc) is 2.65. The zero-order chi connectivity index (χ0) is 22.4. The summed E-state index contributed by atoms with van der Waals surface area (Å²) in [6.45, 7) is 3.17. The third-order valence-corrected chi connectivity index (χ3v) is 6.54. The number of amides is 1. The van der Waals surface area contributed by atoms with Crippen molar-refractivity contribution >= 4 is 23.3 Å². The van der Waals surface area contributed by atoms with Crippen LogP contribution in [-0.2, 0) is 10.4 Å². The highest BCUT2D eigenvalue weighted by atomic mass is 35.5. The molecule has 2 aromatic carbocycles. The standard InChI is InChI=1S/C24H25ClFNO4/c1-22(2,30)16-5-3-4-15(8-16)20(28)10-23-12-24(13-23,14-23)27-21(29)11-31-17-6-7-18(25)19(26)9-17/h3-9,30H,10-14H2,1-2H3,(H,27,29). The molecule has 31 heavy (non-hydrogen) atoms. The van der Waals surface area contributed by atoms with Crippen molar-refractivity contribution in [3.63, 3.8) is 0 Å². The molecule has 7 heteroatoms. The maximum atomic E-state index is 13.4. The molecule has 0 spiro atoms. The zero-order valence-corrected chi connectivity index (χ0v) is 18.3. The Hall–Kier alpha value is -2.44. The molecule has 2 N–H and O–H groups in total. The molecule has 0 saturated heterocycles. The van der Waals surface area contributed by atoms with E-state index in [1.165, 1.54) is 12.1 Å². The average molecular weight is 446 g/mol. The number of ketones is 1. The molecule has 5 rings (SSSR count). The molecule has 3 aliphatic rings. The first kappa shape index (κ1) is 21.8. The van der Waals surface area contributed by atoms with Gasteiger partial charge in [0.05, 0.1) is 10.6 Å². The van der Waals surface area contributed by atoms with Gasteiger partial charge in [-0.15, -0.1) is 0 Å². The normalized spacial score (nSPS) is 24.0. The van der Waals surface area contributed by atoms with Crippen LogP contribution in [0.2, 0.25) is 5.02 Å². The van der Waals surface area contributed by atoms with Crippen LogP contribution in [0.25, 0.3) is 0 Å². The Kier molecular flexibility index (Phi) is 5.34. The molecule has 0 heterocycles. The summed E-state index contributed by atoms with van der Waals surface area (Å²) >= 11 is 5.63. The summed E-state index contributed by atoms with van der Waals surface area (Å²) in [5.41, 5.74) is -0.0111. The van der Waals surface area contributed by atoms with Gasteiger partial charge in [0.1, 0.15) is 11.6 Å². The van der Waals surface area contributed by atoms with Crippen molar-refractivity contribution in [2.24, 2.45) is 5.41 Å². The lowest BCUT2D eigenvalue weighted by Gasteiger charge is -2.70. The molecule has 2 aromatic rings. The van der Waals surface area contributed by atoms with Crippen LogP contribution < -0.4 is 10.1 Å². The number of ether oxygens (including phenoxy) is 1. The Morgan fingerprint density at radius 1 is 1.19 bits per heavy atom. The first-order valence-electron chi connectivity index (χ1n) is 10.2. The van der Waals surface area contributed by atoms with Gasteiger partial charge in [0.2, 0.25) is 0 Å². The summed E-state index contributed by atoms with van der Waals surface area (Å²) in [5.74, 6) is -0.574. The number of hydrogen-bond donors (Lipinski definition) is 2. The van der Waals surface area contributed by atoms with Crippen molar-refractivity contribution in [2.45, 2.75) is 50.7 Å². The first-order chi connectivity index (χ1) is 14.5. The fourth-order valence-corrected chi connectivity index (χ4v) is 5.00. The van der Waals surface area contributed by atoms with E-state index in [4.69, 9.17) is 16.3 Å². The summed E-state index contributed by atoms with van der Waals surface area (Å²) in [4.78, 5) is 25.0. The maximum absolute atomic E-state index is 13.4. The summed E-state index contributed by atoms with van der Waals surface area (Å²) in [7, 11) is 0. The van der Waals surface area contributed by atoms with Gasteiger partial charge < -0.3 is 15.2 Å². The molecule has 0 unspecified atom stereocenters. The second-order valence-electron chi connectivity index (χ2n) is 9.46. The fourth-order valence-electron chi connectivity index (χ4n) is 4.88. The van der Waals surface area contributed by atoms with Crippen LogP contribution in [0.15, 0.2) is 42.5 Å². The monoisotopic (exact) mass is 445 g/mol. The molecule has 3 fully saturated rings. The molecule has 3 saturated carbocycles. The van der Waals surface area contributed by atoms with Crippen LogP contribution in [0, 0.1) is 11.2 Å². The van der Waals surface area contributed by atoms with E-state index in [0.717, 1.165) is 25.3 Å². The molecule has 0 radical (unpaired) electrons. The number of rotatable bonds is 8. The molecule has 164 valence electrons. The van der Waals surface area contributed by atoms with E-state index in [-0.39, 0.29) is 40.0 Å². The van der Waals surface area contributed by atoms with Crippen molar-refractivity contribution < 1.29 is 23.8 Å². The molecule has 1 amide bonds. The number of Topliss-reactive ketones (excluding diaryl/α,β-unsaturated/α-hetero) is 1. The Balaban J connectivity index is 1.26. The van der Waals surface area contributed by atoms with Gasteiger partial charge in [-0.25, -0.2) is 4.39 Å². The van der Waals surface area contributed by atoms with E-state index in [1.807, 2.05) is 6.07 Å². The van der Waals surface area contributed by atoms with Gasteiger partial charge in [-0.05, 0) is 62.3 Å². The highest BCUT2D eigenvalue weighted by molar-refractivity contribution is 6.30. The van der Waals surface area contributed by atoms with E-state index in [1.54, 1.807) is 32.0 Å². The second-order valence-corrected chi connectivity index (χ2v) is 9.87. The van der Waals surface area contributed by atoms with Gasteiger partial charge >= 0.3 is 0 Å². The minimum atomic E-state index is -0.999. The van der Waals surface area contributed by atoms with Gasteiger partial charge in [0.15, 0.2) is 12.4 Å². The van der Waals surface area contributed by atoms with Crippen LogP contribution in [0.4, 0.5) is 4.39 Å². The predicted octanol–water partition coefficient (Wildman–Crippen LogP) is 4.40. The molecule has 3 aliphatic carbocycles. The number of halogens is 2. The second kappa shape index (κ2) is 7.61. The third-order valence-electron chi connectivity index (χ3n) is 6.23. The van der Waals surface area contributed by atoms with E-state index in [9.17, 15) is 19.1 Å². The molecule has 0 atom stereocenters. The van der Waals surface area contributed by atoms with Crippen LogP contribution in [0.5, 0.6) is 5.75 Å². The Morgan fingerprint density at radius 2 is 1.90 bits per heavy atom. The fraction of sp³-hybridized carbons (Fsp3) is 0.417. The zero-order valence-electron chi connectivity index (χ0n) is 17.5. The van der Waals surface area contributed by atoms with E-state index >= 15 is 0 Å². The molecular formula is C24H25ClFNO4. The van der Waals surface area contributed by atoms with Gasteiger partial charge in [-0.1, -0.05) is 29.8 Å². The molecular weight excluding hydrogens is 421 g/mol. The van der Waals surface area contributed by atoms with Crippen LogP contribution >= 0.6 is 11.6 Å². The van der Waals surface area contributed by atoms with Gasteiger partial charge in [0, 0.05) is 23.6 Å². The number of aliphatic hydroxyl groups is 1. The van der Waals surface area contributed by atoms with E-state index < -0.39 is 11.4 Å². The summed E-state index contributed by atoms with van der Waals surface area (Å²) in [6, 6.07) is 11.2. The quantitative estimate of drug-likeness (QED) is 0.590. The topological polar surface area (TPSA) is 75.6 Å². The first-order valence-corrected chi connectivity index (χ1v) is 10.6. The lowest BCUT2D eigenvalue weighted by atomic mass is 9.38. The van der Waals surface area contributed by atoms with Crippen LogP contribution in [0.1, 0.15) is 55.5 Å². The minimum absolute atomic E-state index is 0.00249. The SMILES string of the molecule is CC(C)(O)c1cccc(C(=O)CC23CC(NC(=O)COc4ccc(Cl)c(F)c4)(C2)C3)c1. The third kappa shape index (κ3) is 4.46. The number of carbonyl (C=O) groups excluding carboxylic acids is 2. The largest absolute Gasteiger partial charge is 0.484 e. The molecule has 0 aliphatic heterocycles. The number of hydrogen-bond acceptors (Lipinski definition) is 4. The lowest BCUT2D eigenvalue weighted by molar-refractivity contribution is -0.164. The Morgan fingerprint density at radius 3 is 2.55 bits per heavy atom. The number of nitrogens with one attached hydrogen (secondary N) is 1. The summed E-state index contributed by atoms with van der Waals surface area (Å²) in [5, 5.41) is 13.2. The molecule has 0 aromatic heterocycles. The van der Waals surface area contributed by atoms with Crippen LogP contribution in [0.3, 0.4) is 0 Å². The maximum Gasteiger partial charge on any atom is 0.258 e. The minimum Gasteiger partial charge on any atom is -0.484 e. The molecule has 5 nitrogen and oxygen atoms in total. The van der Waals surface area contributed by atoms with E-state index in [2.05, 4.69) is 5.32 Å².